The average Bonchev–Trinajstić information content (AvgIpc) is 3.14. The number of nitrogens with zero attached hydrogens (tertiary/aromatic N) is 1. The summed E-state index contributed by atoms with van der Waals surface area (Å²) in [5, 5.41) is 13.3. The minimum absolute atomic E-state index is 0.0560. The van der Waals surface area contributed by atoms with Crippen LogP contribution in [0.4, 0.5) is 10.1 Å². The molecule has 1 aliphatic rings. The van der Waals surface area contributed by atoms with Crippen molar-refractivity contribution in [1.82, 2.24) is 5.32 Å². The van der Waals surface area contributed by atoms with Gasteiger partial charge in [-0.2, -0.15) is 0 Å². The van der Waals surface area contributed by atoms with Gasteiger partial charge < -0.3 is 19.7 Å². The highest BCUT2D eigenvalue weighted by Crippen LogP contribution is 2.26. The van der Waals surface area contributed by atoms with Crippen LogP contribution in [0.1, 0.15) is 49.7 Å². The van der Waals surface area contributed by atoms with Gasteiger partial charge in [0.2, 0.25) is 0 Å². The molecule has 1 aromatic carbocycles. The number of hydrogen-bond donors (Lipinski definition) is 2. The Bertz CT molecular complexity index is 639. The first-order valence-corrected chi connectivity index (χ1v) is 8.64. The van der Waals surface area contributed by atoms with Gasteiger partial charge in [0.15, 0.2) is 0 Å². The molecule has 0 radical (unpaired) electrons. The highest BCUT2D eigenvalue weighted by molar-refractivity contribution is 5.49. The standard InChI is InChI=1S/C19H25FN2O2/c1-14(21-13-18(23)19-6-5-11-24-19)15-7-8-17(16(20)12-15)22-9-3-2-4-10-22/h5-8,11-12,14,18,21,23H,2-4,9-10,13H2,1H3. The van der Waals surface area contributed by atoms with Gasteiger partial charge in [0, 0.05) is 25.7 Å². The van der Waals surface area contributed by atoms with Crippen molar-refractivity contribution in [3.05, 3.63) is 53.7 Å². The fourth-order valence-electron chi connectivity index (χ4n) is 3.17. The van der Waals surface area contributed by atoms with Gasteiger partial charge in [-0.1, -0.05) is 6.07 Å². The molecule has 0 amide bonds. The van der Waals surface area contributed by atoms with Crippen LogP contribution >= 0.6 is 0 Å². The van der Waals surface area contributed by atoms with Crippen LogP contribution in [-0.2, 0) is 0 Å². The molecule has 2 atom stereocenters. The second-order valence-corrected chi connectivity index (χ2v) is 6.42. The van der Waals surface area contributed by atoms with Crippen LogP contribution in [0.15, 0.2) is 41.0 Å². The van der Waals surface area contributed by atoms with Crippen molar-refractivity contribution in [3.63, 3.8) is 0 Å². The Balaban J connectivity index is 1.60. The van der Waals surface area contributed by atoms with Gasteiger partial charge in [0.1, 0.15) is 17.7 Å². The first-order valence-electron chi connectivity index (χ1n) is 8.64. The molecule has 2 unspecified atom stereocenters. The number of aliphatic hydroxyl groups excluding tert-OH is 1. The number of halogens is 1. The first kappa shape index (κ1) is 17.0. The van der Waals surface area contributed by atoms with E-state index in [1.807, 2.05) is 19.1 Å². The molecule has 1 aliphatic heterocycles. The molecule has 1 saturated heterocycles. The van der Waals surface area contributed by atoms with Gasteiger partial charge in [-0.15, -0.1) is 0 Å². The van der Waals surface area contributed by atoms with Crippen LogP contribution in [0.5, 0.6) is 0 Å². The van der Waals surface area contributed by atoms with Gasteiger partial charge in [-0.3, -0.25) is 0 Å². The summed E-state index contributed by atoms with van der Waals surface area (Å²) in [6.45, 7) is 4.17. The van der Waals surface area contributed by atoms with Crippen LogP contribution in [0.2, 0.25) is 0 Å². The van der Waals surface area contributed by atoms with Crippen molar-refractivity contribution in [2.75, 3.05) is 24.5 Å². The minimum atomic E-state index is -0.708. The predicted molar refractivity (Wildman–Crippen MR) is 92.5 cm³/mol. The average molecular weight is 332 g/mol. The molecule has 0 aliphatic carbocycles. The molecular formula is C19H25FN2O2. The number of aliphatic hydroxyl groups is 1. The highest BCUT2D eigenvalue weighted by atomic mass is 19.1. The Labute approximate surface area is 142 Å². The summed E-state index contributed by atoms with van der Waals surface area (Å²) < 4.78 is 19.7. The zero-order chi connectivity index (χ0) is 16.9. The third-order valence-electron chi connectivity index (χ3n) is 4.66. The molecule has 24 heavy (non-hydrogen) atoms. The number of hydrogen-bond acceptors (Lipinski definition) is 4. The Kier molecular flexibility index (Phi) is 5.53. The molecule has 1 fully saturated rings. The van der Waals surface area contributed by atoms with E-state index >= 15 is 0 Å². The number of furan rings is 1. The summed E-state index contributed by atoms with van der Waals surface area (Å²) in [6.07, 6.45) is 4.32. The second-order valence-electron chi connectivity index (χ2n) is 6.42. The van der Waals surface area contributed by atoms with Crippen LogP contribution in [0.25, 0.3) is 0 Å². The van der Waals surface area contributed by atoms with E-state index in [9.17, 15) is 9.50 Å². The molecular weight excluding hydrogens is 307 g/mol. The van der Waals surface area contributed by atoms with Crippen molar-refractivity contribution < 1.29 is 13.9 Å². The van der Waals surface area contributed by atoms with E-state index in [0.29, 0.717) is 18.0 Å². The molecule has 4 nitrogen and oxygen atoms in total. The smallest absolute Gasteiger partial charge is 0.146 e. The van der Waals surface area contributed by atoms with Crippen molar-refractivity contribution >= 4 is 5.69 Å². The van der Waals surface area contributed by atoms with Crippen LogP contribution in [0, 0.1) is 5.82 Å². The van der Waals surface area contributed by atoms with E-state index in [2.05, 4.69) is 10.2 Å². The highest BCUT2D eigenvalue weighted by Gasteiger charge is 2.17. The third kappa shape index (κ3) is 3.97. The lowest BCUT2D eigenvalue weighted by Gasteiger charge is -2.29. The fourth-order valence-corrected chi connectivity index (χ4v) is 3.17. The van der Waals surface area contributed by atoms with Gasteiger partial charge >= 0.3 is 0 Å². The third-order valence-corrected chi connectivity index (χ3v) is 4.66. The maximum Gasteiger partial charge on any atom is 0.146 e. The monoisotopic (exact) mass is 332 g/mol. The first-order chi connectivity index (χ1) is 11.6. The van der Waals surface area contributed by atoms with E-state index in [4.69, 9.17) is 4.42 Å². The molecule has 0 spiro atoms. The molecule has 130 valence electrons. The largest absolute Gasteiger partial charge is 0.467 e. The van der Waals surface area contributed by atoms with E-state index < -0.39 is 6.10 Å². The van der Waals surface area contributed by atoms with Crippen LogP contribution < -0.4 is 10.2 Å². The topological polar surface area (TPSA) is 48.6 Å². The summed E-state index contributed by atoms with van der Waals surface area (Å²) in [4.78, 5) is 2.13. The lowest BCUT2D eigenvalue weighted by Crippen LogP contribution is -2.30. The maximum absolute atomic E-state index is 14.5. The normalized spacial score (nSPS) is 17.7. The molecule has 1 aromatic heterocycles. The van der Waals surface area contributed by atoms with Crippen molar-refractivity contribution in [2.45, 2.75) is 38.3 Å². The van der Waals surface area contributed by atoms with E-state index in [1.54, 1.807) is 18.2 Å². The molecule has 0 bridgehead atoms. The number of benzene rings is 1. The van der Waals surface area contributed by atoms with E-state index in [-0.39, 0.29) is 11.9 Å². The van der Waals surface area contributed by atoms with Gasteiger partial charge in [0.05, 0.1) is 12.0 Å². The lowest BCUT2D eigenvalue weighted by atomic mass is 10.1. The fraction of sp³-hybridized carbons (Fsp3) is 0.474. The SMILES string of the molecule is CC(NCC(O)c1ccco1)c1ccc(N2CCCCC2)c(F)c1. The second kappa shape index (κ2) is 7.81. The predicted octanol–water partition coefficient (Wildman–Crippen LogP) is 3.79. The number of piperidine rings is 1. The number of nitrogens with one attached hydrogen (secondary N) is 1. The molecule has 2 heterocycles. The maximum atomic E-state index is 14.5. The van der Waals surface area contributed by atoms with Crippen molar-refractivity contribution in [3.8, 4) is 0 Å². The Morgan fingerprint density at radius 3 is 2.71 bits per heavy atom. The summed E-state index contributed by atoms with van der Waals surface area (Å²) in [5.41, 5.74) is 1.57. The molecule has 0 saturated carbocycles. The van der Waals surface area contributed by atoms with Crippen LogP contribution in [0.3, 0.4) is 0 Å². The summed E-state index contributed by atoms with van der Waals surface area (Å²) in [7, 11) is 0. The quantitative estimate of drug-likeness (QED) is 0.845. The zero-order valence-corrected chi connectivity index (χ0v) is 14.0. The summed E-state index contributed by atoms with van der Waals surface area (Å²) in [6, 6.07) is 8.86. The number of anilines is 1. The zero-order valence-electron chi connectivity index (χ0n) is 14.0. The van der Waals surface area contributed by atoms with Crippen LogP contribution in [-0.4, -0.2) is 24.7 Å². The molecule has 3 rings (SSSR count). The van der Waals surface area contributed by atoms with Gasteiger partial charge in [-0.05, 0) is 56.0 Å². The number of rotatable bonds is 6. The molecule has 5 heteroatoms. The van der Waals surface area contributed by atoms with Crippen molar-refractivity contribution in [1.29, 1.82) is 0 Å². The summed E-state index contributed by atoms with van der Waals surface area (Å²) >= 11 is 0. The van der Waals surface area contributed by atoms with Gasteiger partial charge in [0.25, 0.3) is 0 Å². The Morgan fingerprint density at radius 1 is 1.25 bits per heavy atom. The summed E-state index contributed by atoms with van der Waals surface area (Å²) in [5.74, 6) is 0.357. The van der Waals surface area contributed by atoms with E-state index in [0.717, 1.165) is 31.5 Å². The Morgan fingerprint density at radius 2 is 2.04 bits per heavy atom. The molecule has 2 aromatic rings. The molecule has 2 N–H and O–H groups in total. The van der Waals surface area contributed by atoms with Crippen molar-refractivity contribution in [2.24, 2.45) is 0 Å². The Hall–Kier alpha value is -1.85. The lowest BCUT2D eigenvalue weighted by molar-refractivity contribution is 0.144. The van der Waals surface area contributed by atoms with E-state index in [1.165, 1.54) is 12.7 Å². The van der Waals surface area contributed by atoms with Gasteiger partial charge in [-0.25, -0.2) is 4.39 Å². The minimum Gasteiger partial charge on any atom is -0.467 e.